The molecule has 4 heterocycles. The molecule has 0 atom stereocenters. The van der Waals surface area contributed by atoms with Crippen LogP contribution in [0.1, 0.15) is 5.56 Å². The van der Waals surface area contributed by atoms with Gasteiger partial charge in [0, 0.05) is 44.0 Å². The second-order valence-electron chi connectivity index (χ2n) is 7.89. The van der Waals surface area contributed by atoms with Gasteiger partial charge in [0.1, 0.15) is 11.3 Å². The number of imidazole rings is 1. The molecule has 5 rings (SSSR count). The van der Waals surface area contributed by atoms with Crippen LogP contribution in [-0.4, -0.2) is 64.2 Å². The first-order valence-corrected chi connectivity index (χ1v) is 10.8. The summed E-state index contributed by atoms with van der Waals surface area (Å²) in [5.41, 5.74) is 4.33. The van der Waals surface area contributed by atoms with E-state index in [0.717, 1.165) is 43.0 Å². The zero-order valence-electron chi connectivity index (χ0n) is 18.3. The topological polar surface area (TPSA) is 73.0 Å². The van der Waals surface area contributed by atoms with E-state index in [-0.39, 0.29) is 5.82 Å². The maximum Gasteiger partial charge on any atom is 0.164 e. The van der Waals surface area contributed by atoms with Crippen LogP contribution >= 0.6 is 0 Å². The highest BCUT2D eigenvalue weighted by Gasteiger charge is 2.20. The van der Waals surface area contributed by atoms with Crippen molar-refractivity contribution in [1.29, 1.82) is 0 Å². The van der Waals surface area contributed by atoms with Gasteiger partial charge < -0.3 is 19.5 Å². The number of aryl methyl sites for hydroxylation is 1. The Bertz CT molecular complexity index is 1240. The van der Waals surface area contributed by atoms with E-state index in [1.54, 1.807) is 23.7 Å². The molecule has 166 valence electrons. The first-order valence-electron chi connectivity index (χ1n) is 10.8. The number of ether oxygens (including phenoxy) is 1. The van der Waals surface area contributed by atoms with Gasteiger partial charge in [-0.05, 0) is 31.7 Å². The first kappa shape index (κ1) is 20.6. The van der Waals surface area contributed by atoms with Gasteiger partial charge in [0.05, 0.1) is 30.9 Å². The Morgan fingerprint density at radius 1 is 1.19 bits per heavy atom. The molecule has 1 aromatic carbocycles. The molecule has 8 nitrogen and oxygen atoms in total. The molecule has 0 amide bonds. The molecule has 0 unspecified atom stereocenters. The highest BCUT2D eigenvalue weighted by Crippen LogP contribution is 2.29. The molecule has 0 spiro atoms. The Labute approximate surface area is 185 Å². The maximum atomic E-state index is 14.6. The van der Waals surface area contributed by atoms with E-state index in [1.165, 1.54) is 0 Å². The third-order valence-corrected chi connectivity index (χ3v) is 5.79. The van der Waals surface area contributed by atoms with Crippen molar-refractivity contribution in [3.8, 4) is 17.1 Å². The number of hydrogen-bond donors (Lipinski definition) is 1. The Balaban J connectivity index is 1.60. The molecule has 4 aromatic rings. The average Bonchev–Trinajstić information content (AvgIpc) is 3.47. The number of aromatic nitrogens is 5. The summed E-state index contributed by atoms with van der Waals surface area (Å²) in [5.74, 6) is 0.421. The van der Waals surface area contributed by atoms with Crippen molar-refractivity contribution >= 4 is 16.9 Å². The smallest absolute Gasteiger partial charge is 0.164 e. The van der Waals surface area contributed by atoms with Crippen LogP contribution in [-0.2, 0) is 11.3 Å². The molecule has 1 aliphatic heterocycles. The van der Waals surface area contributed by atoms with Gasteiger partial charge in [0.25, 0.3) is 0 Å². The quantitative estimate of drug-likeness (QED) is 0.502. The minimum absolute atomic E-state index is 0.250. The number of morpholine rings is 1. The zero-order valence-corrected chi connectivity index (χ0v) is 18.3. The Morgan fingerprint density at radius 2 is 2.03 bits per heavy atom. The summed E-state index contributed by atoms with van der Waals surface area (Å²) in [6.07, 6.45) is 3.65. The number of likely N-dealkylation sites (N-methyl/N-ethyl adjacent to an activating group) is 1. The predicted octanol–water partition coefficient (Wildman–Crippen LogP) is 2.79. The monoisotopic (exact) mass is 435 g/mol. The molecule has 1 aliphatic rings. The van der Waals surface area contributed by atoms with E-state index in [2.05, 4.69) is 20.3 Å². The third-order valence-electron chi connectivity index (χ3n) is 5.79. The van der Waals surface area contributed by atoms with Crippen molar-refractivity contribution in [2.75, 3.05) is 44.8 Å². The number of halogens is 1. The van der Waals surface area contributed by atoms with Crippen LogP contribution in [0.3, 0.4) is 0 Å². The summed E-state index contributed by atoms with van der Waals surface area (Å²) in [6.45, 7) is 6.26. The summed E-state index contributed by atoms with van der Waals surface area (Å²) >= 11 is 0. The number of nitrogens with one attached hydrogen (secondary N) is 1. The first-order chi connectivity index (χ1) is 15.7. The summed E-state index contributed by atoms with van der Waals surface area (Å²) in [6, 6.07) is 9.17. The van der Waals surface area contributed by atoms with Crippen LogP contribution in [0.5, 0.6) is 0 Å². The van der Waals surface area contributed by atoms with Crippen molar-refractivity contribution < 1.29 is 9.13 Å². The Kier molecular flexibility index (Phi) is 5.59. The van der Waals surface area contributed by atoms with Gasteiger partial charge >= 0.3 is 0 Å². The van der Waals surface area contributed by atoms with Crippen molar-refractivity contribution in [2.24, 2.45) is 0 Å². The second-order valence-corrected chi connectivity index (χ2v) is 7.89. The maximum absolute atomic E-state index is 14.6. The van der Waals surface area contributed by atoms with Gasteiger partial charge in [0.2, 0.25) is 0 Å². The van der Waals surface area contributed by atoms with Gasteiger partial charge in [-0.25, -0.2) is 19.0 Å². The molecule has 1 N–H and O–H groups in total. The molecule has 3 aromatic heterocycles. The SMILES string of the molecule is CNCCn1cnc2c(N3CCOCC3)cc(-n3ccc(-c4cccc(C)c4F)n3)nc21. The van der Waals surface area contributed by atoms with Crippen molar-refractivity contribution in [3.05, 3.63) is 54.2 Å². The Morgan fingerprint density at radius 3 is 2.84 bits per heavy atom. The average molecular weight is 436 g/mol. The number of rotatable bonds is 6. The molecule has 0 radical (unpaired) electrons. The van der Waals surface area contributed by atoms with E-state index in [1.807, 2.05) is 42.3 Å². The highest BCUT2D eigenvalue weighted by atomic mass is 19.1. The zero-order chi connectivity index (χ0) is 22.1. The van der Waals surface area contributed by atoms with E-state index in [9.17, 15) is 4.39 Å². The lowest BCUT2D eigenvalue weighted by atomic mass is 10.1. The fraction of sp³-hybridized carbons (Fsp3) is 0.348. The number of fused-ring (bicyclic) bond motifs is 1. The van der Waals surface area contributed by atoms with E-state index in [0.29, 0.717) is 35.9 Å². The molecular formula is C23H26FN7O. The standard InChI is InChI=1S/C23H26FN7O/c1-16-4-3-5-17(21(16)24)18-6-8-31(28-18)20-14-19(29-10-12-32-13-11-29)22-23(27-20)30(15-26-22)9-7-25-2/h3-6,8,14-15,25H,7,9-13H2,1-2H3. The number of anilines is 1. The van der Waals surface area contributed by atoms with E-state index < -0.39 is 0 Å². The van der Waals surface area contributed by atoms with Gasteiger partial charge in [-0.15, -0.1) is 0 Å². The minimum atomic E-state index is -0.250. The summed E-state index contributed by atoms with van der Waals surface area (Å²) in [5, 5.41) is 7.82. The van der Waals surface area contributed by atoms with Crippen LogP contribution in [0.15, 0.2) is 42.9 Å². The molecule has 32 heavy (non-hydrogen) atoms. The summed E-state index contributed by atoms with van der Waals surface area (Å²) < 4.78 is 23.9. The van der Waals surface area contributed by atoms with Crippen molar-refractivity contribution in [3.63, 3.8) is 0 Å². The molecule has 0 saturated carbocycles. The van der Waals surface area contributed by atoms with Crippen LogP contribution in [0.2, 0.25) is 0 Å². The predicted molar refractivity (Wildman–Crippen MR) is 122 cm³/mol. The Hall–Kier alpha value is -3.30. The molecule has 1 fully saturated rings. The fourth-order valence-electron chi connectivity index (χ4n) is 4.00. The fourth-order valence-corrected chi connectivity index (χ4v) is 4.00. The lowest BCUT2D eigenvalue weighted by Crippen LogP contribution is -2.36. The second kappa shape index (κ2) is 8.68. The van der Waals surface area contributed by atoms with E-state index >= 15 is 0 Å². The number of pyridine rings is 1. The van der Waals surface area contributed by atoms with E-state index in [4.69, 9.17) is 9.72 Å². The summed E-state index contributed by atoms with van der Waals surface area (Å²) in [4.78, 5) is 11.8. The molecule has 0 aliphatic carbocycles. The van der Waals surface area contributed by atoms with Gasteiger partial charge in [-0.2, -0.15) is 5.10 Å². The van der Waals surface area contributed by atoms with Crippen molar-refractivity contribution in [1.82, 2.24) is 29.6 Å². The molecule has 9 heteroatoms. The van der Waals surface area contributed by atoms with Gasteiger partial charge in [0.15, 0.2) is 11.5 Å². The molecular weight excluding hydrogens is 409 g/mol. The van der Waals surface area contributed by atoms with Crippen LogP contribution in [0.25, 0.3) is 28.2 Å². The largest absolute Gasteiger partial charge is 0.378 e. The lowest BCUT2D eigenvalue weighted by molar-refractivity contribution is 0.123. The van der Waals surface area contributed by atoms with Crippen LogP contribution < -0.4 is 10.2 Å². The van der Waals surface area contributed by atoms with Crippen LogP contribution in [0.4, 0.5) is 10.1 Å². The van der Waals surface area contributed by atoms with Gasteiger partial charge in [-0.1, -0.05) is 12.1 Å². The number of nitrogens with zero attached hydrogens (tertiary/aromatic N) is 6. The lowest BCUT2D eigenvalue weighted by Gasteiger charge is -2.29. The minimum Gasteiger partial charge on any atom is -0.378 e. The van der Waals surface area contributed by atoms with Gasteiger partial charge in [-0.3, -0.25) is 0 Å². The molecule has 0 bridgehead atoms. The number of benzene rings is 1. The summed E-state index contributed by atoms with van der Waals surface area (Å²) in [7, 11) is 1.92. The van der Waals surface area contributed by atoms with Crippen LogP contribution in [0, 0.1) is 12.7 Å². The number of hydrogen-bond acceptors (Lipinski definition) is 6. The van der Waals surface area contributed by atoms with Crippen molar-refractivity contribution in [2.45, 2.75) is 13.5 Å². The highest BCUT2D eigenvalue weighted by molar-refractivity contribution is 5.87. The third kappa shape index (κ3) is 3.74. The molecule has 1 saturated heterocycles. The normalized spacial score (nSPS) is 14.4.